The number of aryl methyl sites for hydroxylation is 1. The first-order valence-electron chi connectivity index (χ1n) is 13.1. The largest absolute Gasteiger partial charge is 0.494 e. The molecule has 0 bridgehead atoms. The fourth-order valence-electron chi connectivity index (χ4n) is 4.98. The number of nitrogens with one attached hydrogen (secondary N) is 1. The Morgan fingerprint density at radius 2 is 1.84 bits per heavy atom. The average molecular weight is 509 g/mol. The third-order valence-corrected chi connectivity index (χ3v) is 7.27. The minimum Gasteiger partial charge on any atom is -0.494 e. The van der Waals surface area contributed by atoms with Crippen LogP contribution in [0.2, 0.25) is 0 Å². The van der Waals surface area contributed by atoms with Gasteiger partial charge < -0.3 is 24.1 Å². The molecule has 2 aromatic carbocycles. The van der Waals surface area contributed by atoms with Crippen LogP contribution >= 0.6 is 0 Å². The lowest BCUT2D eigenvalue weighted by Crippen LogP contribution is -2.30. The molecule has 8 heteroatoms. The Bertz CT molecular complexity index is 1560. The van der Waals surface area contributed by atoms with Crippen molar-refractivity contribution < 1.29 is 9.47 Å². The molecule has 0 amide bonds. The number of piperidine rings is 1. The molecule has 38 heavy (non-hydrogen) atoms. The van der Waals surface area contributed by atoms with E-state index in [9.17, 15) is 0 Å². The predicted molar refractivity (Wildman–Crippen MR) is 150 cm³/mol. The van der Waals surface area contributed by atoms with E-state index in [0.717, 1.165) is 69.8 Å². The second kappa shape index (κ2) is 10.7. The summed E-state index contributed by atoms with van der Waals surface area (Å²) in [6.07, 6.45) is 10.8. The van der Waals surface area contributed by atoms with Crippen LogP contribution in [0.1, 0.15) is 24.8 Å². The Labute approximate surface area is 222 Å². The van der Waals surface area contributed by atoms with Gasteiger partial charge in [0.15, 0.2) is 0 Å². The molecule has 1 fully saturated rings. The summed E-state index contributed by atoms with van der Waals surface area (Å²) in [4.78, 5) is 15.7. The molecule has 1 aliphatic heterocycles. The third kappa shape index (κ3) is 5.40. The van der Waals surface area contributed by atoms with Gasteiger partial charge in [-0.2, -0.15) is 0 Å². The number of hydrogen-bond acceptors (Lipinski definition) is 7. The summed E-state index contributed by atoms with van der Waals surface area (Å²) in [5, 5.41) is 4.38. The molecule has 0 atom stereocenters. The Morgan fingerprint density at radius 1 is 0.947 bits per heavy atom. The number of benzene rings is 2. The van der Waals surface area contributed by atoms with Crippen LogP contribution in [0.4, 0.5) is 11.5 Å². The number of likely N-dealkylation sites (tertiary alicyclic amines) is 1. The minimum absolute atomic E-state index is 0.727. The number of ether oxygens (including phenoxy) is 2. The van der Waals surface area contributed by atoms with Crippen LogP contribution in [0.15, 0.2) is 73.4 Å². The molecule has 0 radical (unpaired) electrons. The van der Waals surface area contributed by atoms with Crippen molar-refractivity contribution in [3.05, 3.63) is 79.0 Å². The van der Waals surface area contributed by atoms with Crippen molar-refractivity contribution in [2.24, 2.45) is 5.92 Å². The Hall–Kier alpha value is -4.17. The van der Waals surface area contributed by atoms with E-state index in [1.165, 1.54) is 25.9 Å². The fourth-order valence-corrected chi connectivity index (χ4v) is 4.98. The quantitative estimate of drug-likeness (QED) is 0.266. The maximum atomic E-state index is 6.14. The lowest BCUT2D eigenvalue weighted by molar-refractivity contribution is 0.187. The van der Waals surface area contributed by atoms with Crippen molar-refractivity contribution >= 4 is 28.1 Å². The van der Waals surface area contributed by atoms with Crippen LogP contribution in [0, 0.1) is 12.8 Å². The molecule has 0 spiro atoms. The van der Waals surface area contributed by atoms with Crippen LogP contribution in [-0.4, -0.2) is 51.0 Å². The molecule has 6 rings (SSSR count). The van der Waals surface area contributed by atoms with Gasteiger partial charge >= 0.3 is 0 Å². The number of fused-ring (bicyclic) bond motifs is 2. The molecular formula is C30H32N6O2. The first kappa shape index (κ1) is 24.2. The monoisotopic (exact) mass is 508 g/mol. The molecule has 0 saturated carbocycles. The summed E-state index contributed by atoms with van der Waals surface area (Å²) >= 11 is 0. The van der Waals surface area contributed by atoms with Gasteiger partial charge in [-0.25, -0.2) is 15.0 Å². The fraction of sp³-hybridized carbons (Fsp3) is 0.300. The number of pyridine rings is 1. The van der Waals surface area contributed by atoms with E-state index in [0.29, 0.717) is 0 Å². The molecule has 1 saturated heterocycles. The van der Waals surface area contributed by atoms with Crippen molar-refractivity contribution in [3.8, 4) is 17.2 Å². The first-order chi connectivity index (χ1) is 18.6. The number of hydrogen-bond donors (Lipinski definition) is 1. The Kier molecular flexibility index (Phi) is 6.79. The Balaban J connectivity index is 1.14. The summed E-state index contributed by atoms with van der Waals surface area (Å²) in [5.74, 6) is 3.87. The number of nitrogens with zero attached hydrogens (tertiary/aromatic N) is 5. The summed E-state index contributed by atoms with van der Waals surface area (Å²) < 4.78 is 14.2. The van der Waals surface area contributed by atoms with E-state index >= 15 is 0 Å². The van der Waals surface area contributed by atoms with Gasteiger partial charge in [-0.3, -0.25) is 0 Å². The third-order valence-electron chi connectivity index (χ3n) is 7.27. The van der Waals surface area contributed by atoms with Gasteiger partial charge in [-0.05, 0) is 100 Å². The molecule has 0 aliphatic carbocycles. The molecule has 5 aromatic rings. The highest BCUT2D eigenvalue weighted by molar-refractivity contribution is 5.91. The van der Waals surface area contributed by atoms with Gasteiger partial charge in [0, 0.05) is 35.7 Å². The number of anilines is 2. The number of imidazole rings is 1. The average Bonchev–Trinajstić information content (AvgIpc) is 3.40. The highest BCUT2D eigenvalue weighted by Gasteiger charge is 2.16. The normalized spacial score (nSPS) is 14.7. The van der Waals surface area contributed by atoms with Crippen LogP contribution in [-0.2, 0) is 0 Å². The summed E-state index contributed by atoms with van der Waals surface area (Å²) in [5.41, 5.74) is 3.65. The van der Waals surface area contributed by atoms with Crippen molar-refractivity contribution in [1.82, 2.24) is 24.3 Å². The van der Waals surface area contributed by atoms with Crippen LogP contribution in [0.5, 0.6) is 17.2 Å². The second-order valence-corrected chi connectivity index (χ2v) is 10.0. The van der Waals surface area contributed by atoms with Crippen LogP contribution in [0.3, 0.4) is 0 Å². The second-order valence-electron chi connectivity index (χ2n) is 10.0. The highest BCUT2D eigenvalue weighted by Crippen LogP contribution is 2.31. The van der Waals surface area contributed by atoms with E-state index in [1.54, 1.807) is 12.5 Å². The topological polar surface area (TPSA) is 76.8 Å². The van der Waals surface area contributed by atoms with Crippen LogP contribution < -0.4 is 14.8 Å². The van der Waals surface area contributed by atoms with E-state index < -0.39 is 0 Å². The van der Waals surface area contributed by atoms with E-state index in [2.05, 4.69) is 38.3 Å². The van der Waals surface area contributed by atoms with Crippen LogP contribution in [0.25, 0.3) is 16.6 Å². The molecule has 1 N–H and O–H groups in total. The summed E-state index contributed by atoms with van der Waals surface area (Å²) in [6.45, 7) is 5.12. The van der Waals surface area contributed by atoms with Gasteiger partial charge in [0.25, 0.3) is 0 Å². The minimum atomic E-state index is 0.727. The molecule has 0 unspecified atom stereocenters. The lowest BCUT2D eigenvalue weighted by Gasteiger charge is -2.28. The summed E-state index contributed by atoms with van der Waals surface area (Å²) in [6, 6.07) is 15.9. The maximum Gasteiger partial charge on any atom is 0.141 e. The number of aromatic nitrogens is 4. The van der Waals surface area contributed by atoms with E-state index in [4.69, 9.17) is 9.47 Å². The standard InChI is InChI=1S/C30H32N6O2/c1-21-17-23(3-6-28(21)38-25-9-14-36-15-11-31-29(36)19-25)34-30-26-18-24(4-5-27(26)32-20-33-30)37-16-10-22-7-12-35(2)13-8-22/h3-6,9,11,14-15,17-20,22H,7-8,10,12-13,16H2,1-2H3,(H,32,33,34). The molecular weight excluding hydrogens is 476 g/mol. The predicted octanol–water partition coefficient (Wildman–Crippen LogP) is 6.23. The van der Waals surface area contributed by atoms with Gasteiger partial charge in [-0.1, -0.05) is 0 Å². The van der Waals surface area contributed by atoms with Crippen molar-refractivity contribution in [1.29, 1.82) is 0 Å². The Morgan fingerprint density at radius 3 is 2.71 bits per heavy atom. The zero-order valence-electron chi connectivity index (χ0n) is 21.8. The van der Waals surface area contributed by atoms with Gasteiger partial charge in [0.1, 0.15) is 35.0 Å². The molecule has 8 nitrogen and oxygen atoms in total. The zero-order valence-corrected chi connectivity index (χ0v) is 21.8. The molecule has 194 valence electrons. The molecule has 4 heterocycles. The number of rotatable bonds is 8. The molecule has 1 aliphatic rings. The molecule has 3 aromatic heterocycles. The first-order valence-corrected chi connectivity index (χ1v) is 13.1. The van der Waals surface area contributed by atoms with E-state index in [-0.39, 0.29) is 0 Å². The highest BCUT2D eigenvalue weighted by atomic mass is 16.5. The lowest BCUT2D eigenvalue weighted by atomic mass is 9.94. The van der Waals surface area contributed by atoms with Gasteiger partial charge in [0.05, 0.1) is 12.1 Å². The smallest absolute Gasteiger partial charge is 0.141 e. The summed E-state index contributed by atoms with van der Waals surface area (Å²) in [7, 11) is 2.20. The van der Waals surface area contributed by atoms with Gasteiger partial charge in [0.2, 0.25) is 0 Å². The van der Waals surface area contributed by atoms with Gasteiger partial charge in [-0.15, -0.1) is 0 Å². The van der Waals surface area contributed by atoms with E-state index in [1.807, 2.05) is 66.2 Å². The van der Waals surface area contributed by atoms with Crippen molar-refractivity contribution in [3.63, 3.8) is 0 Å². The van der Waals surface area contributed by atoms with Crippen molar-refractivity contribution in [2.75, 3.05) is 32.1 Å². The maximum absolute atomic E-state index is 6.14. The van der Waals surface area contributed by atoms with Crippen molar-refractivity contribution in [2.45, 2.75) is 26.2 Å². The zero-order chi connectivity index (χ0) is 25.9. The SMILES string of the molecule is Cc1cc(Nc2ncnc3ccc(OCCC4CCN(C)CC4)cc23)ccc1Oc1ccn2ccnc2c1.